The van der Waals surface area contributed by atoms with Crippen LogP contribution in [0.3, 0.4) is 0 Å². The van der Waals surface area contributed by atoms with Crippen LogP contribution in [0, 0.1) is 0 Å². The van der Waals surface area contributed by atoms with Gasteiger partial charge in [-0.3, -0.25) is 4.79 Å². The number of fused-ring (bicyclic) bond motifs is 1. The highest BCUT2D eigenvalue weighted by molar-refractivity contribution is 6.02. The van der Waals surface area contributed by atoms with E-state index in [1.807, 2.05) is 0 Å². The number of carbonyl (C=O) groups excluding carboxylic acids is 1. The molecule has 0 radical (unpaired) electrons. The Balaban J connectivity index is 1.60. The van der Waals surface area contributed by atoms with Crippen LogP contribution < -0.4 is 9.47 Å². The first kappa shape index (κ1) is 22.1. The van der Waals surface area contributed by atoms with Gasteiger partial charge in [-0.25, -0.2) is 0 Å². The van der Waals surface area contributed by atoms with Crippen LogP contribution >= 0.6 is 0 Å². The third-order valence-electron chi connectivity index (χ3n) is 5.45. The molecule has 0 amide bonds. The number of rotatable bonds is 4. The number of phenols is 3. The third-order valence-corrected chi connectivity index (χ3v) is 5.45. The predicted octanol–water partition coefficient (Wildman–Crippen LogP) is -0.311. The molecule has 0 spiro atoms. The van der Waals surface area contributed by atoms with Gasteiger partial charge in [0.2, 0.25) is 6.29 Å². The smallest absolute Gasteiger partial charge is 0.229 e. The quantitative estimate of drug-likeness (QED) is 0.303. The number of aliphatic hydroxyl groups excluding tert-OH is 4. The maximum Gasteiger partial charge on any atom is 0.229 e. The summed E-state index contributed by atoms with van der Waals surface area (Å²) >= 11 is 0. The summed E-state index contributed by atoms with van der Waals surface area (Å²) < 4.78 is 16.6. The van der Waals surface area contributed by atoms with Gasteiger partial charge in [-0.15, -0.1) is 0 Å². The van der Waals surface area contributed by atoms with Crippen molar-refractivity contribution in [1.82, 2.24) is 0 Å². The topological polar surface area (TPSA) is 186 Å². The van der Waals surface area contributed by atoms with E-state index < -0.39 is 54.9 Å². The molecule has 0 unspecified atom stereocenters. The number of aromatic hydroxyl groups is 3. The minimum atomic E-state index is -1.67. The van der Waals surface area contributed by atoms with Gasteiger partial charge in [0.1, 0.15) is 53.3 Å². The van der Waals surface area contributed by atoms with Crippen molar-refractivity contribution in [2.24, 2.45) is 0 Å². The first-order valence-electron chi connectivity index (χ1n) is 9.75. The summed E-state index contributed by atoms with van der Waals surface area (Å²) in [5.74, 6) is -1.69. The van der Waals surface area contributed by atoms with E-state index in [1.54, 1.807) is 0 Å². The Bertz CT molecular complexity index is 1020. The van der Waals surface area contributed by atoms with Crippen molar-refractivity contribution in [1.29, 1.82) is 0 Å². The normalized spacial score (nSPS) is 29.8. The van der Waals surface area contributed by atoms with Crippen LogP contribution in [-0.2, 0) is 4.74 Å². The fraction of sp³-hybridized carbons (Fsp3) is 0.381. The standard InChI is InChI=1S/C21H22O11/c22-7-16-18(27)19(28)20(29)21(32-16)30-9-4-12(25)17-13(26)6-14(31-15(17)5-9)8-1-2-10(23)11(24)3-8/h1-5,14,16,18-25,27-29H,6-7H2/t14-,16-,18+,19+,20+,21-/m0/s1. The molecule has 0 aromatic heterocycles. The van der Waals surface area contributed by atoms with Crippen LogP contribution in [0.5, 0.6) is 28.7 Å². The lowest BCUT2D eigenvalue weighted by atomic mass is 9.95. The molecule has 172 valence electrons. The fourth-order valence-electron chi connectivity index (χ4n) is 3.71. The number of aliphatic hydroxyl groups is 4. The van der Waals surface area contributed by atoms with Crippen LogP contribution in [-0.4, -0.2) is 78.8 Å². The van der Waals surface area contributed by atoms with Gasteiger partial charge >= 0.3 is 0 Å². The van der Waals surface area contributed by atoms with E-state index in [0.29, 0.717) is 5.56 Å². The number of Topliss-reactive ketones (excluding diaryl/α,β-unsaturated/α-hetero) is 1. The van der Waals surface area contributed by atoms with E-state index in [2.05, 4.69) is 0 Å². The molecule has 0 saturated carbocycles. The van der Waals surface area contributed by atoms with Crippen LogP contribution in [0.1, 0.15) is 28.4 Å². The van der Waals surface area contributed by atoms with Crippen molar-refractivity contribution in [3.63, 3.8) is 0 Å². The maximum absolute atomic E-state index is 12.6. The highest BCUT2D eigenvalue weighted by atomic mass is 16.7. The van der Waals surface area contributed by atoms with E-state index >= 15 is 0 Å². The molecule has 4 rings (SSSR count). The molecule has 0 bridgehead atoms. The Labute approximate surface area is 181 Å². The van der Waals surface area contributed by atoms with Gasteiger partial charge in [-0.05, 0) is 17.7 Å². The molecule has 11 nitrogen and oxygen atoms in total. The van der Waals surface area contributed by atoms with Crippen molar-refractivity contribution < 1.29 is 54.8 Å². The van der Waals surface area contributed by atoms with E-state index in [0.717, 1.165) is 6.07 Å². The van der Waals surface area contributed by atoms with Gasteiger partial charge in [0, 0.05) is 12.1 Å². The zero-order valence-corrected chi connectivity index (χ0v) is 16.5. The van der Waals surface area contributed by atoms with E-state index in [1.165, 1.54) is 24.3 Å². The maximum atomic E-state index is 12.6. The number of hydrogen-bond donors (Lipinski definition) is 7. The number of ketones is 1. The molecule has 0 aliphatic carbocycles. The molecule has 2 aromatic rings. The molecule has 11 heteroatoms. The van der Waals surface area contributed by atoms with Gasteiger partial charge in [0.15, 0.2) is 17.3 Å². The van der Waals surface area contributed by atoms with Crippen LogP contribution in [0.15, 0.2) is 30.3 Å². The molecular weight excluding hydrogens is 428 g/mol. The summed E-state index contributed by atoms with van der Waals surface area (Å²) in [4.78, 5) is 12.6. The summed E-state index contributed by atoms with van der Waals surface area (Å²) in [5, 5.41) is 68.8. The highest BCUT2D eigenvalue weighted by Gasteiger charge is 2.45. The monoisotopic (exact) mass is 450 g/mol. The number of ether oxygens (including phenoxy) is 3. The van der Waals surface area contributed by atoms with E-state index in [4.69, 9.17) is 14.2 Å². The lowest BCUT2D eigenvalue weighted by Crippen LogP contribution is -2.60. The number of benzene rings is 2. The summed E-state index contributed by atoms with van der Waals surface area (Å²) in [7, 11) is 0. The summed E-state index contributed by atoms with van der Waals surface area (Å²) in [5.41, 5.74) is 0.337. The Morgan fingerprint density at radius 1 is 0.938 bits per heavy atom. The summed E-state index contributed by atoms with van der Waals surface area (Å²) in [6, 6.07) is 6.37. The van der Waals surface area contributed by atoms with Crippen LogP contribution in [0.25, 0.3) is 0 Å². The molecule has 1 saturated heterocycles. The van der Waals surface area contributed by atoms with E-state index in [9.17, 15) is 40.5 Å². The van der Waals surface area contributed by atoms with E-state index in [-0.39, 0.29) is 35.0 Å². The second kappa shape index (κ2) is 8.45. The van der Waals surface area contributed by atoms with Gasteiger partial charge in [-0.1, -0.05) is 6.07 Å². The summed E-state index contributed by atoms with van der Waals surface area (Å²) in [6.45, 7) is -0.640. The molecule has 7 N–H and O–H groups in total. The largest absolute Gasteiger partial charge is 0.507 e. The third kappa shape index (κ3) is 3.92. The lowest BCUT2D eigenvalue weighted by molar-refractivity contribution is -0.277. The van der Waals surface area contributed by atoms with Crippen molar-refractivity contribution in [2.45, 2.75) is 43.2 Å². The molecule has 1 fully saturated rings. The zero-order chi connectivity index (χ0) is 23.2. The Morgan fingerprint density at radius 2 is 1.69 bits per heavy atom. The Kier molecular flexibility index (Phi) is 5.84. The summed E-state index contributed by atoms with van der Waals surface area (Å²) in [6.07, 6.45) is -8.50. The first-order valence-corrected chi connectivity index (χ1v) is 9.75. The average Bonchev–Trinajstić information content (AvgIpc) is 2.75. The average molecular weight is 450 g/mol. The molecule has 2 aliphatic heterocycles. The minimum Gasteiger partial charge on any atom is -0.507 e. The zero-order valence-electron chi connectivity index (χ0n) is 16.5. The molecule has 2 aromatic carbocycles. The second-order valence-corrected chi connectivity index (χ2v) is 7.61. The Morgan fingerprint density at radius 3 is 2.38 bits per heavy atom. The fourth-order valence-corrected chi connectivity index (χ4v) is 3.71. The van der Waals surface area contributed by atoms with Crippen LogP contribution in [0.2, 0.25) is 0 Å². The Hall–Kier alpha value is -3.09. The van der Waals surface area contributed by atoms with Gasteiger partial charge in [-0.2, -0.15) is 0 Å². The molecule has 32 heavy (non-hydrogen) atoms. The highest BCUT2D eigenvalue weighted by Crippen LogP contribution is 2.43. The number of hydrogen-bond acceptors (Lipinski definition) is 11. The SMILES string of the molecule is O=C1C[C@@H](c2ccc(O)c(O)c2)Oc2cc(O[C@H]3O[C@@H](CO)[C@@H](O)[C@@H](O)[C@H]3O)cc(O)c21. The van der Waals surface area contributed by atoms with Gasteiger partial charge in [0.25, 0.3) is 0 Å². The van der Waals surface area contributed by atoms with Crippen molar-refractivity contribution in [3.8, 4) is 28.7 Å². The molecule has 2 aliphatic rings. The van der Waals surface area contributed by atoms with Gasteiger partial charge in [0.05, 0.1) is 13.0 Å². The molecule has 6 atom stereocenters. The second-order valence-electron chi connectivity index (χ2n) is 7.61. The molecular formula is C21H22O11. The molecule has 2 heterocycles. The first-order chi connectivity index (χ1) is 15.2. The lowest BCUT2D eigenvalue weighted by Gasteiger charge is -2.39. The predicted molar refractivity (Wildman–Crippen MR) is 105 cm³/mol. The number of phenolic OH excluding ortho intramolecular Hbond substituents is 3. The van der Waals surface area contributed by atoms with Crippen molar-refractivity contribution >= 4 is 5.78 Å². The van der Waals surface area contributed by atoms with Crippen molar-refractivity contribution in [2.75, 3.05) is 6.61 Å². The van der Waals surface area contributed by atoms with Crippen LogP contribution in [0.4, 0.5) is 0 Å². The number of carbonyl (C=O) groups is 1. The minimum absolute atomic E-state index is 0.0293. The van der Waals surface area contributed by atoms with Gasteiger partial charge < -0.3 is 50.0 Å². The van der Waals surface area contributed by atoms with Crippen molar-refractivity contribution in [3.05, 3.63) is 41.5 Å².